The van der Waals surface area contributed by atoms with E-state index in [0.717, 1.165) is 11.6 Å². The number of amides is 1. The number of nitrogens with one attached hydrogen (secondary N) is 2. The van der Waals surface area contributed by atoms with Crippen LogP contribution in [0, 0.1) is 5.82 Å². The lowest BCUT2D eigenvalue weighted by Gasteiger charge is -2.05. The third-order valence-electron chi connectivity index (χ3n) is 4.01. The van der Waals surface area contributed by atoms with Crippen LogP contribution in [0.4, 0.5) is 10.1 Å². The third kappa shape index (κ3) is 5.64. The molecule has 0 aliphatic carbocycles. The molecule has 12 heteroatoms. The van der Waals surface area contributed by atoms with Gasteiger partial charge < -0.3 is 9.84 Å². The van der Waals surface area contributed by atoms with Gasteiger partial charge in [0.2, 0.25) is 17.0 Å². The maximum atomic E-state index is 13.7. The zero-order valence-corrected chi connectivity index (χ0v) is 17.5. The molecule has 1 amide bonds. The van der Waals surface area contributed by atoms with Gasteiger partial charge in [0.1, 0.15) is 5.82 Å². The minimum absolute atomic E-state index is 0.0617. The Kier molecular flexibility index (Phi) is 6.53. The Labute approximate surface area is 184 Å². The first-order chi connectivity index (χ1) is 15.1. The highest BCUT2D eigenvalue weighted by Crippen LogP contribution is 2.21. The van der Waals surface area contributed by atoms with Gasteiger partial charge in [0.25, 0.3) is 0 Å². The smallest absolute Gasteiger partial charge is 0.227 e. The van der Waals surface area contributed by atoms with E-state index >= 15 is 0 Å². The second-order valence-corrected chi connectivity index (χ2v) is 7.65. The average molecular weight is 460 g/mol. The number of rotatable bonds is 8. The van der Waals surface area contributed by atoms with Crippen molar-refractivity contribution in [1.82, 2.24) is 30.3 Å². The van der Waals surface area contributed by atoms with E-state index in [-0.39, 0.29) is 29.5 Å². The van der Waals surface area contributed by atoms with E-state index in [2.05, 4.69) is 35.6 Å². The molecule has 0 spiro atoms. The molecule has 0 aliphatic heterocycles. The van der Waals surface area contributed by atoms with Crippen molar-refractivity contribution in [2.24, 2.45) is 0 Å². The van der Waals surface area contributed by atoms with Crippen LogP contribution >= 0.6 is 23.4 Å². The van der Waals surface area contributed by atoms with Crippen molar-refractivity contribution in [3.05, 3.63) is 65.3 Å². The predicted octanol–water partition coefficient (Wildman–Crippen LogP) is 3.91. The van der Waals surface area contributed by atoms with Gasteiger partial charge in [0.05, 0.1) is 11.4 Å². The van der Waals surface area contributed by atoms with E-state index in [9.17, 15) is 9.18 Å². The number of pyridine rings is 1. The number of benzene rings is 1. The first-order valence-corrected chi connectivity index (χ1v) is 10.4. The number of carbonyl (C=O) groups excluding carboxylic acids is 1. The Morgan fingerprint density at radius 1 is 1.29 bits per heavy atom. The molecule has 0 atom stereocenters. The molecule has 0 saturated heterocycles. The molecule has 3 heterocycles. The van der Waals surface area contributed by atoms with Crippen LogP contribution in [0.1, 0.15) is 18.1 Å². The molecule has 0 unspecified atom stereocenters. The number of halogens is 2. The van der Waals surface area contributed by atoms with Crippen LogP contribution in [0.15, 0.2) is 52.4 Å². The van der Waals surface area contributed by atoms with Gasteiger partial charge >= 0.3 is 0 Å². The lowest BCUT2D eigenvalue weighted by molar-refractivity contribution is -0.116. The van der Waals surface area contributed by atoms with Crippen LogP contribution in [0.25, 0.3) is 11.4 Å². The zero-order chi connectivity index (χ0) is 21.6. The molecule has 4 rings (SSSR count). The summed E-state index contributed by atoms with van der Waals surface area (Å²) in [6.45, 7) is 0. The lowest BCUT2D eigenvalue weighted by Crippen LogP contribution is -2.13. The van der Waals surface area contributed by atoms with E-state index < -0.39 is 5.82 Å². The Morgan fingerprint density at radius 3 is 3.00 bits per heavy atom. The third-order valence-corrected chi connectivity index (χ3v) is 5.09. The van der Waals surface area contributed by atoms with E-state index in [4.69, 9.17) is 16.1 Å². The largest absolute Gasteiger partial charge is 0.339 e. The minimum atomic E-state index is -0.600. The van der Waals surface area contributed by atoms with Crippen LogP contribution in [0.3, 0.4) is 0 Å². The summed E-state index contributed by atoms with van der Waals surface area (Å²) in [6.07, 6.45) is 3.66. The number of hydrogen-bond acceptors (Lipinski definition) is 8. The number of thioether (sulfide) groups is 1. The lowest BCUT2D eigenvalue weighted by atomic mass is 10.2. The Bertz CT molecular complexity index is 1180. The fraction of sp³-hybridized carbons (Fsp3) is 0.158. The summed E-state index contributed by atoms with van der Waals surface area (Å²) in [5, 5.41) is 14.2. The van der Waals surface area contributed by atoms with Crippen LogP contribution in [0.2, 0.25) is 5.02 Å². The van der Waals surface area contributed by atoms with Crippen molar-refractivity contribution in [2.45, 2.75) is 23.8 Å². The van der Waals surface area contributed by atoms with E-state index in [1.54, 1.807) is 12.4 Å². The monoisotopic (exact) mass is 459 g/mol. The molecule has 4 aromatic rings. The van der Waals surface area contributed by atoms with Crippen molar-refractivity contribution < 1.29 is 13.7 Å². The predicted molar refractivity (Wildman–Crippen MR) is 112 cm³/mol. The molecule has 0 aliphatic rings. The number of anilines is 1. The fourth-order valence-electron chi connectivity index (χ4n) is 2.55. The molecule has 1 aromatic carbocycles. The van der Waals surface area contributed by atoms with Crippen molar-refractivity contribution in [2.75, 3.05) is 5.32 Å². The van der Waals surface area contributed by atoms with Gasteiger partial charge in [-0.05, 0) is 30.3 Å². The summed E-state index contributed by atoms with van der Waals surface area (Å²) < 4.78 is 18.9. The van der Waals surface area contributed by atoms with Gasteiger partial charge in [-0.3, -0.25) is 14.9 Å². The van der Waals surface area contributed by atoms with Crippen LogP contribution in [0.5, 0.6) is 0 Å². The Balaban J connectivity index is 1.26. The zero-order valence-electron chi connectivity index (χ0n) is 15.9. The number of nitrogens with zero attached hydrogens (tertiary/aromatic N) is 5. The average Bonchev–Trinajstić information content (AvgIpc) is 3.43. The normalized spacial score (nSPS) is 10.9. The summed E-state index contributed by atoms with van der Waals surface area (Å²) in [5.74, 6) is 0.809. The minimum Gasteiger partial charge on any atom is -0.339 e. The summed E-state index contributed by atoms with van der Waals surface area (Å²) in [7, 11) is 0. The fourth-order valence-corrected chi connectivity index (χ4v) is 3.35. The standard InChI is InChI=1S/C19H15ClFN7O2S/c20-12-3-4-14(13(21)8-12)23-16(29)5-6-17-24-15(28-30-17)10-31-19-25-18(26-27-19)11-2-1-7-22-9-11/h1-4,7-9H,5-6,10H2,(H,23,29)(H,25,26,27). The molecule has 0 fully saturated rings. The molecule has 0 saturated carbocycles. The molecule has 2 N–H and O–H groups in total. The molecule has 3 aromatic heterocycles. The molecular weight excluding hydrogens is 445 g/mol. The number of aromatic nitrogens is 6. The summed E-state index contributed by atoms with van der Waals surface area (Å²) in [4.78, 5) is 24.7. The quantitative estimate of drug-likeness (QED) is 0.380. The van der Waals surface area contributed by atoms with Gasteiger partial charge in [-0.25, -0.2) is 9.37 Å². The molecule has 0 bridgehead atoms. The first-order valence-electron chi connectivity index (χ1n) is 9.09. The number of aromatic amines is 1. The number of H-pyrrole nitrogens is 1. The molecule has 0 radical (unpaired) electrons. The van der Waals surface area contributed by atoms with Crippen molar-refractivity contribution in [3.63, 3.8) is 0 Å². The van der Waals surface area contributed by atoms with Gasteiger partial charge in [0.15, 0.2) is 11.6 Å². The second kappa shape index (κ2) is 9.67. The van der Waals surface area contributed by atoms with Crippen molar-refractivity contribution in [3.8, 4) is 11.4 Å². The van der Waals surface area contributed by atoms with Crippen LogP contribution in [-0.4, -0.2) is 36.2 Å². The maximum Gasteiger partial charge on any atom is 0.227 e. The van der Waals surface area contributed by atoms with Gasteiger partial charge in [0, 0.05) is 35.8 Å². The van der Waals surface area contributed by atoms with Crippen LogP contribution < -0.4 is 5.32 Å². The molecule has 31 heavy (non-hydrogen) atoms. The molecule has 9 nitrogen and oxygen atoms in total. The van der Waals surface area contributed by atoms with E-state index in [1.165, 1.54) is 23.9 Å². The first kappa shape index (κ1) is 20.9. The van der Waals surface area contributed by atoms with E-state index in [0.29, 0.717) is 28.4 Å². The highest BCUT2D eigenvalue weighted by atomic mass is 35.5. The van der Waals surface area contributed by atoms with Gasteiger partial charge in [-0.2, -0.15) is 4.98 Å². The molecular formula is C19H15ClFN7O2S. The highest BCUT2D eigenvalue weighted by molar-refractivity contribution is 7.98. The maximum absolute atomic E-state index is 13.7. The molecule has 158 valence electrons. The summed E-state index contributed by atoms with van der Waals surface area (Å²) >= 11 is 7.04. The Morgan fingerprint density at radius 2 is 2.19 bits per heavy atom. The number of hydrogen-bond donors (Lipinski definition) is 2. The van der Waals surface area contributed by atoms with Crippen molar-refractivity contribution >= 4 is 35.0 Å². The summed E-state index contributed by atoms with van der Waals surface area (Å²) in [5.41, 5.74) is 0.898. The van der Waals surface area contributed by atoms with Crippen molar-refractivity contribution in [1.29, 1.82) is 0 Å². The van der Waals surface area contributed by atoms with Gasteiger partial charge in [-0.1, -0.05) is 28.5 Å². The number of carbonyl (C=O) groups is 1. The van der Waals surface area contributed by atoms with Crippen LogP contribution in [-0.2, 0) is 17.0 Å². The Hall–Kier alpha value is -3.31. The topological polar surface area (TPSA) is 122 Å². The SMILES string of the molecule is O=C(CCc1nc(CSc2n[nH]c(-c3cccnc3)n2)no1)Nc1ccc(Cl)cc1F. The highest BCUT2D eigenvalue weighted by Gasteiger charge is 2.13. The van der Waals surface area contributed by atoms with E-state index in [1.807, 2.05) is 12.1 Å². The summed E-state index contributed by atoms with van der Waals surface area (Å²) in [6, 6.07) is 7.73. The van der Waals surface area contributed by atoms with Gasteiger partial charge in [-0.15, -0.1) is 5.10 Å². The number of aryl methyl sites for hydroxylation is 1. The second-order valence-electron chi connectivity index (χ2n) is 6.27.